The average Bonchev–Trinajstić information content (AvgIpc) is 3.50. The van der Waals surface area contributed by atoms with Crippen molar-refractivity contribution in [2.24, 2.45) is 0 Å². The van der Waals surface area contributed by atoms with Gasteiger partial charge < -0.3 is 9.72 Å². The summed E-state index contributed by atoms with van der Waals surface area (Å²) < 4.78 is 39.1. The molecule has 0 amide bonds. The zero-order valence-corrected chi connectivity index (χ0v) is 18.7. The molecule has 5 rings (SSSR count). The first-order chi connectivity index (χ1) is 16.8. The van der Waals surface area contributed by atoms with Crippen LogP contribution < -0.4 is 9.53 Å². The van der Waals surface area contributed by atoms with E-state index in [1.807, 2.05) is 0 Å². The number of aromatic nitrogens is 6. The molecule has 5 aromatic rings. The van der Waals surface area contributed by atoms with Crippen LogP contribution in [0.15, 0.2) is 71.9 Å². The molecule has 35 heavy (non-hydrogen) atoms. The SMILES string of the molecule is COc1cc([N+](=O)[O-])ccc1-[n+]1nc(-c2ccccc2S(=O)(=O)O)nn1-c1cccc2nc[nH]c12. The van der Waals surface area contributed by atoms with Gasteiger partial charge in [0.05, 0.1) is 46.1 Å². The van der Waals surface area contributed by atoms with Gasteiger partial charge in [-0.05, 0) is 34.2 Å². The molecule has 0 bridgehead atoms. The number of tetrazole rings is 1. The molecule has 3 aromatic carbocycles. The van der Waals surface area contributed by atoms with Crippen LogP contribution in [0.25, 0.3) is 33.8 Å². The van der Waals surface area contributed by atoms with Crippen molar-refractivity contribution in [2.45, 2.75) is 4.90 Å². The lowest BCUT2D eigenvalue weighted by molar-refractivity contribution is -0.734. The Morgan fingerprint density at radius 3 is 2.69 bits per heavy atom. The Morgan fingerprint density at radius 2 is 1.94 bits per heavy atom. The minimum atomic E-state index is -4.58. The molecule has 0 radical (unpaired) electrons. The van der Waals surface area contributed by atoms with Crippen LogP contribution in [0, 0.1) is 10.1 Å². The monoisotopic (exact) mass is 494 g/mol. The van der Waals surface area contributed by atoms with E-state index in [1.54, 1.807) is 24.3 Å². The summed E-state index contributed by atoms with van der Waals surface area (Å²) in [6.07, 6.45) is 1.51. The number of H-pyrrole nitrogens is 1. The van der Waals surface area contributed by atoms with Crippen molar-refractivity contribution >= 4 is 26.8 Å². The zero-order chi connectivity index (χ0) is 24.7. The van der Waals surface area contributed by atoms with Crippen molar-refractivity contribution < 1.29 is 27.4 Å². The molecule has 13 nitrogen and oxygen atoms in total. The van der Waals surface area contributed by atoms with E-state index in [-0.39, 0.29) is 33.4 Å². The Kier molecular flexibility index (Phi) is 5.22. The fraction of sp³-hybridized carbons (Fsp3) is 0.0476. The van der Waals surface area contributed by atoms with E-state index in [1.165, 1.54) is 59.4 Å². The van der Waals surface area contributed by atoms with E-state index < -0.39 is 15.0 Å². The third kappa shape index (κ3) is 3.85. The molecule has 14 heteroatoms. The lowest BCUT2D eigenvalue weighted by Gasteiger charge is -2.05. The van der Waals surface area contributed by atoms with Gasteiger partial charge >= 0.3 is 5.82 Å². The minimum Gasteiger partial charge on any atom is -0.492 e. The summed E-state index contributed by atoms with van der Waals surface area (Å²) in [5.74, 6) is 0.0967. The summed E-state index contributed by atoms with van der Waals surface area (Å²) in [5.41, 5.74) is 1.91. The van der Waals surface area contributed by atoms with Crippen LogP contribution in [0.2, 0.25) is 0 Å². The Morgan fingerprint density at radius 1 is 1.14 bits per heavy atom. The average molecular weight is 494 g/mol. The number of hydrogen-bond donors (Lipinski definition) is 2. The van der Waals surface area contributed by atoms with E-state index in [0.29, 0.717) is 16.7 Å². The number of hydrogen-bond acceptors (Lipinski definition) is 8. The molecule has 2 N–H and O–H groups in total. The Balaban J connectivity index is 1.82. The predicted molar refractivity (Wildman–Crippen MR) is 121 cm³/mol. The van der Waals surface area contributed by atoms with Crippen molar-refractivity contribution in [3.63, 3.8) is 0 Å². The van der Waals surface area contributed by atoms with Gasteiger partial charge in [0.15, 0.2) is 11.4 Å². The molecule has 0 aliphatic heterocycles. The number of non-ortho nitro benzene ring substituents is 1. The van der Waals surface area contributed by atoms with Gasteiger partial charge in [-0.15, -0.1) is 0 Å². The normalized spacial score (nSPS) is 11.6. The number of nitro groups is 1. The number of benzene rings is 3. The standard InChI is InChI=1S/C21H15N7O6S/c1-34-18-11-13(28(29)30)9-10-16(18)26-24-21(14-5-2-3-8-19(14)35(31,32)33)25-27(26)17-7-4-6-15-20(17)23-12-22-15/h2-12H,1H3,(H-,22,23,31,32,33)/p+1. The highest BCUT2D eigenvalue weighted by molar-refractivity contribution is 7.86. The topological polar surface area (TPSA) is 170 Å². The Hall–Kier alpha value is -4.69. The van der Waals surface area contributed by atoms with E-state index in [9.17, 15) is 23.1 Å². The molecule has 176 valence electrons. The number of rotatable bonds is 6. The molecular weight excluding hydrogens is 478 g/mol. The number of nitrogens with zero attached hydrogens (tertiary/aromatic N) is 6. The fourth-order valence-corrected chi connectivity index (χ4v) is 4.33. The lowest BCUT2D eigenvalue weighted by Crippen LogP contribution is -2.43. The second kappa shape index (κ2) is 8.27. The van der Waals surface area contributed by atoms with Gasteiger partial charge in [0.1, 0.15) is 4.90 Å². The highest BCUT2D eigenvalue weighted by Crippen LogP contribution is 2.28. The maximum Gasteiger partial charge on any atom is 0.341 e. The number of para-hydroxylation sites is 1. The number of aromatic amines is 1. The van der Waals surface area contributed by atoms with Crippen molar-refractivity contribution in [1.82, 2.24) is 25.0 Å². The number of nitrogens with one attached hydrogen (secondary N) is 1. The second-order valence-corrected chi connectivity index (χ2v) is 8.65. The number of imidazole rings is 1. The highest BCUT2D eigenvalue weighted by atomic mass is 32.2. The van der Waals surface area contributed by atoms with Crippen molar-refractivity contribution in [3.05, 3.63) is 77.1 Å². The number of fused-ring (bicyclic) bond motifs is 1. The van der Waals surface area contributed by atoms with Crippen LogP contribution in [0.1, 0.15) is 0 Å². The summed E-state index contributed by atoms with van der Waals surface area (Å²) in [7, 11) is -3.23. The van der Waals surface area contributed by atoms with Crippen molar-refractivity contribution in [1.29, 1.82) is 0 Å². The van der Waals surface area contributed by atoms with Crippen LogP contribution in [0.5, 0.6) is 5.75 Å². The van der Waals surface area contributed by atoms with Gasteiger partial charge in [0, 0.05) is 16.9 Å². The van der Waals surface area contributed by atoms with Gasteiger partial charge in [-0.25, -0.2) is 4.98 Å². The molecule has 0 atom stereocenters. The Labute approximate surface area is 197 Å². The minimum absolute atomic E-state index is 0.0323. The largest absolute Gasteiger partial charge is 0.492 e. The molecule has 0 saturated carbocycles. The molecule has 0 aliphatic carbocycles. The smallest absolute Gasteiger partial charge is 0.341 e. The lowest BCUT2D eigenvalue weighted by atomic mass is 10.2. The maximum atomic E-state index is 12.0. The maximum absolute atomic E-state index is 12.0. The third-order valence-corrected chi connectivity index (χ3v) is 6.11. The first-order valence-corrected chi connectivity index (χ1v) is 11.4. The quantitative estimate of drug-likeness (QED) is 0.155. The molecule has 2 heterocycles. The van der Waals surface area contributed by atoms with Gasteiger partial charge in [0.2, 0.25) is 5.69 Å². The molecule has 2 aromatic heterocycles. The van der Waals surface area contributed by atoms with Crippen LogP contribution in [-0.2, 0) is 10.1 Å². The Bertz CT molecular complexity index is 1710. The molecule has 0 unspecified atom stereocenters. The van der Waals surface area contributed by atoms with Crippen LogP contribution in [0.3, 0.4) is 0 Å². The number of nitro benzene ring substituents is 1. The summed E-state index contributed by atoms with van der Waals surface area (Å²) >= 11 is 0. The van der Waals surface area contributed by atoms with Crippen LogP contribution in [-0.4, -0.2) is 50.0 Å². The summed E-state index contributed by atoms with van der Waals surface area (Å²) in [6.45, 7) is 0. The fourth-order valence-electron chi connectivity index (χ4n) is 3.64. The second-order valence-electron chi connectivity index (χ2n) is 7.26. The molecule has 0 spiro atoms. The van der Waals surface area contributed by atoms with E-state index >= 15 is 0 Å². The van der Waals surface area contributed by atoms with Gasteiger partial charge in [-0.2, -0.15) is 8.42 Å². The number of methoxy groups -OCH3 is 1. The van der Waals surface area contributed by atoms with Gasteiger partial charge in [0.25, 0.3) is 15.8 Å². The molecule has 0 fully saturated rings. The summed E-state index contributed by atoms with van der Waals surface area (Å²) in [5, 5.41) is 20.3. The first-order valence-electron chi connectivity index (χ1n) is 10.00. The van der Waals surface area contributed by atoms with Crippen LogP contribution in [0.4, 0.5) is 5.69 Å². The van der Waals surface area contributed by atoms with Crippen molar-refractivity contribution in [3.8, 4) is 28.5 Å². The molecule has 0 saturated heterocycles. The van der Waals surface area contributed by atoms with Crippen molar-refractivity contribution in [2.75, 3.05) is 7.11 Å². The number of ether oxygens (including phenoxy) is 1. The molecular formula is C21H16N7O6S+. The zero-order valence-electron chi connectivity index (χ0n) is 17.9. The third-order valence-electron chi connectivity index (χ3n) is 5.20. The van der Waals surface area contributed by atoms with E-state index in [4.69, 9.17) is 4.74 Å². The summed E-state index contributed by atoms with van der Waals surface area (Å²) in [6, 6.07) is 15.0. The van der Waals surface area contributed by atoms with Gasteiger partial charge in [-0.3, -0.25) is 14.7 Å². The van der Waals surface area contributed by atoms with E-state index in [0.717, 1.165) is 0 Å². The van der Waals surface area contributed by atoms with Gasteiger partial charge in [-0.1, -0.05) is 18.2 Å². The highest BCUT2D eigenvalue weighted by Gasteiger charge is 2.31. The summed E-state index contributed by atoms with van der Waals surface area (Å²) in [4.78, 5) is 20.3. The van der Waals surface area contributed by atoms with E-state index in [2.05, 4.69) is 20.2 Å². The van der Waals surface area contributed by atoms with Crippen LogP contribution >= 0.6 is 0 Å². The predicted octanol–water partition coefficient (Wildman–Crippen LogP) is 2.25. The first kappa shape index (κ1) is 22.1. The molecule has 0 aliphatic rings.